The number of aromatic carboxylic acids is 1. The summed E-state index contributed by atoms with van der Waals surface area (Å²) >= 11 is 6.56. The number of amides is 1. The van der Waals surface area contributed by atoms with Crippen molar-refractivity contribution in [3.63, 3.8) is 0 Å². The Hall–Kier alpha value is -3.62. The van der Waals surface area contributed by atoms with Gasteiger partial charge in [0.15, 0.2) is 15.8 Å². The molecular formula is C26H21NO5S2. The normalized spacial score (nSPS) is 14.5. The summed E-state index contributed by atoms with van der Waals surface area (Å²) in [6.45, 7) is 2.45. The van der Waals surface area contributed by atoms with E-state index in [0.29, 0.717) is 33.0 Å². The molecule has 0 aliphatic carbocycles. The van der Waals surface area contributed by atoms with Gasteiger partial charge in [-0.2, -0.15) is 0 Å². The molecule has 0 radical (unpaired) electrons. The third kappa shape index (κ3) is 4.98. The summed E-state index contributed by atoms with van der Waals surface area (Å²) in [6, 6.07) is 19.6. The number of thioether (sulfide) groups is 1. The van der Waals surface area contributed by atoms with Crippen molar-refractivity contribution in [2.24, 2.45) is 0 Å². The van der Waals surface area contributed by atoms with Crippen molar-refractivity contribution in [1.29, 1.82) is 0 Å². The Morgan fingerprint density at radius 1 is 1.09 bits per heavy atom. The van der Waals surface area contributed by atoms with E-state index in [1.165, 1.54) is 17.0 Å². The zero-order valence-corrected chi connectivity index (χ0v) is 20.1. The van der Waals surface area contributed by atoms with Gasteiger partial charge in [-0.1, -0.05) is 60.4 Å². The molecule has 1 aliphatic heterocycles. The van der Waals surface area contributed by atoms with Gasteiger partial charge in [0.1, 0.15) is 6.61 Å². The van der Waals surface area contributed by atoms with Crippen LogP contribution in [0.25, 0.3) is 6.08 Å². The fourth-order valence-corrected chi connectivity index (χ4v) is 4.74. The van der Waals surface area contributed by atoms with Crippen LogP contribution in [0.4, 0.5) is 5.69 Å². The topological polar surface area (TPSA) is 76.1 Å². The van der Waals surface area contributed by atoms with Crippen LogP contribution in [-0.2, 0) is 11.4 Å². The first kappa shape index (κ1) is 23.5. The lowest BCUT2D eigenvalue weighted by atomic mass is 10.1. The van der Waals surface area contributed by atoms with E-state index in [1.54, 1.807) is 37.5 Å². The smallest absolute Gasteiger partial charge is 0.335 e. The van der Waals surface area contributed by atoms with Crippen LogP contribution >= 0.6 is 24.0 Å². The van der Waals surface area contributed by atoms with Crippen LogP contribution < -0.4 is 14.4 Å². The standard InChI is InChI=1S/C26H21NO5S2/c1-16-6-3-4-7-19(16)15-32-21-11-10-17(12-22(21)31-2)13-23-24(28)27(26(33)34-23)20-9-5-8-18(14-20)25(29)30/h3-14H,15H2,1-2H3,(H,29,30)/b23-13-. The average molecular weight is 492 g/mol. The number of anilines is 1. The average Bonchev–Trinajstić information content (AvgIpc) is 3.11. The Kier molecular flexibility index (Phi) is 7.00. The molecule has 8 heteroatoms. The third-order valence-electron chi connectivity index (χ3n) is 5.27. The van der Waals surface area contributed by atoms with Crippen LogP contribution in [0.3, 0.4) is 0 Å². The molecule has 1 N–H and O–H groups in total. The lowest BCUT2D eigenvalue weighted by molar-refractivity contribution is -0.113. The van der Waals surface area contributed by atoms with Crippen LogP contribution in [0.1, 0.15) is 27.0 Å². The highest BCUT2D eigenvalue weighted by Gasteiger charge is 2.33. The van der Waals surface area contributed by atoms with E-state index in [1.807, 2.05) is 37.3 Å². The molecule has 3 aromatic carbocycles. The third-order valence-corrected chi connectivity index (χ3v) is 6.58. The minimum absolute atomic E-state index is 0.0848. The van der Waals surface area contributed by atoms with E-state index in [-0.39, 0.29) is 11.5 Å². The lowest BCUT2D eigenvalue weighted by Crippen LogP contribution is -2.27. The second kappa shape index (κ2) is 10.1. The number of carboxylic acid groups (broad SMARTS) is 1. The van der Waals surface area contributed by atoms with Crippen molar-refractivity contribution in [2.45, 2.75) is 13.5 Å². The Bertz CT molecular complexity index is 1320. The minimum Gasteiger partial charge on any atom is -0.493 e. The fraction of sp³-hybridized carbons (Fsp3) is 0.115. The summed E-state index contributed by atoms with van der Waals surface area (Å²) in [6.07, 6.45) is 1.73. The van der Waals surface area contributed by atoms with Crippen molar-refractivity contribution in [3.8, 4) is 11.5 Å². The van der Waals surface area contributed by atoms with Crippen LogP contribution in [0.2, 0.25) is 0 Å². The molecule has 0 aromatic heterocycles. The number of hydrogen-bond acceptors (Lipinski definition) is 6. The Morgan fingerprint density at radius 3 is 2.62 bits per heavy atom. The van der Waals surface area contributed by atoms with E-state index in [0.717, 1.165) is 28.5 Å². The lowest BCUT2D eigenvalue weighted by Gasteiger charge is -2.15. The molecule has 6 nitrogen and oxygen atoms in total. The highest BCUT2D eigenvalue weighted by Crippen LogP contribution is 2.37. The molecule has 0 atom stereocenters. The van der Waals surface area contributed by atoms with Crippen LogP contribution in [-0.4, -0.2) is 28.4 Å². The number of benzene rings is 3. The van der Waals surface area contributed by atoms with Gasteiger partial charge in [-0.25, -0.2) is 4.79 Å². The van der Waals surface area contributed by atoms with Gasteiger partial charge in [-0.3, -0.25) is 9.69 Å². The van der Waals surface area contributed by atoms with E-state index in [4.69, 9.17) is 21.7 Å². The molecule has 4 rings (SSSR count). The Balaban J connectivity index is 1.55. The summed E-state index contributed by atoms with van der Waals surface area (Å²) < 4.78 is 11.8. The van der Waals surface area contributed by atoms with Crippen molar-refractivity contribution >= 4 is 51.9 Å². The Labute approximate surface area is 206 Å². The number of aryl methyl sites for hydroxylation is 1. The number of rotatable bonds is 7. The summed E-state index contributed by atoms with van der Waals surface area (Å²) in [7, 11) is 1.56. The number of carbonyl (C=O) groups is 2. The molecule has 0 unspecified atom stereocenters. The zero-order chi connectivity index (χ0) is 24.2. The van der Waals surface area contributed by atoms with E-state index in [2.05, 4.69) is 0 Å². The quantitative estimate of drug-likeness (QED) is 0.336. The first-order valence-corrected chi connectivity index (χ1v) is 11.6. The number of carboxylic acids is 1. The van der Waals surface area contributed by atoms with Gasteiger partial charge in [0, 0.05) is 0 Å². The van der Waals surface area contributed by atoms with Gasteiger partial charge in [0.2, 0.25) is 0 Å². The fourth-order valence-electron chi connectivity index (χ4n) is 3.44. The van der Waals surface area contributed by atoms with E-state index < -0.39 is 5.97 Å². The van der Waals surface area contributed by atoms with Gasteiger partial charge in [-0.05, 0) is 60.0 Å². The SMILES string of the molecule is COc1cc(/C=C2\SC(=S)N(c3cccc(C(=O)O)c3)C2=O)ccc1OCc1ccccc1C. The predicted molar refractivity (Wildman–Crippen MR) is 138 cm³/mol. The number of hydrogen-bond donors (Lipinski definition) is 1. The van der Waals surface area contributed by atoms with Crippen molar-refractivity contribution in [1.82, 2.24) is 0 Å². The molecule has 0 saturated carbocycles. The van der Waals surface area contributed by atoms with Crippen molar-refractivity contribution in [3.05, 3.63) is 93.9 Å². The van der Waals surface area contributed by atoms with Gasteiger partial charge < -0.3 is 14.6 Å². The maximum atomic E-state index is 13.1. The van der Waals surface area contributed by atoms with Gasteiger partial charge in [0.25, 0.3) is 5.91 Å². The summed E-state index contributed by atoms with van der Waals surface area (Å²) in [5, 5.41) is 9.24. The molecule has 1 amide bonds. The minimum atomic E-state index is -1.07. The first-order valence-electron chi connectivity index (χ1n) is 10.3. The molecule has 172 valence electrons. The van der Waals surface area contributed by atoms with E-state index in [9.17, 15) is 14.7 Å². The maximum absolute atomic E-state index is 13.1. The van der Waals surface area contributed by atoms with Gasteiger partial charge >= 0.3 is 5.97 Å². The predicted octanol–water partition coefficient (Wildman–Crippen LogP) is 5.69. The zero-order valence-electron chi connectivity index (χ0n) is 18.5. The van der Waals surface area contributed by atoms with Crippen molar-refractivity contribution < 1.29 is 24.2 Å². The molecule has 0 spiro atoms. The molecule has 3 aromatic rings. The second-order valence-electron chi connectivity index (χ2n) is 7.50. The largest absolute Gasteiger partial charge is 0.493 e. The molecular weight excluding hydrogens is 470 g/mol. The summed E-state index contributed by atoms with van der Waals surface area (Å²) in [5.41, 5.74) is 3.49. The molecule has 1 aliphatic rings. The van der Waals surface area contributed by atoms with Crippen LogP contribution in [0.15, 0.2) is 71.6 Å². The van der Waals surface area contributed by atoms with Gasteiger partial charge in [0.05, 0.1) is 23.3 Å². The summed E-state index contributed by atoms with van der Waals surface area (Å²) in [4.78, 5) is 26.1. The number of thiocarbonyl (C=S) groups is 1. The first-order chi connectivity index (χ1) is 16.4. The van der Waals surface area contributed by atoms with Crippen LogP contribution in [0.5, 0.6) is 11.5 Å². The monoisotopic (exact) mass is 491 g/mol. The highest BCUT2D eigenvalue weighted by molar-refractivity contribution is 8.27. The van der Waals surface area contributed by atoms with Crippen LogP contribution in [0, 0.1) is 6.92 Å². The molecule has 1 heterocycles. The maximum Gasteiger partial charge on any atom is 0.335 e. The highest BCUT2D eigenvalue weighted by atomic mass is 32.2. The Morgan fingerprint density at radius 2 is 1.88 bits per heavy atom. The number of nitrogens with zero attached hydrogens (tertiary/aromatic N) is 1. The summed E-state index contributed by atoms with van der Waals surface area (Å²) in [5.74, 6) is -0.232. The molecule has 1 saturated heterocycles. The van der Waals surface area contributed by atoms with Crippen molar-refractivity contribution in [2.75, 3.05) is 12.0 Å². The van der Waals surface area contributed by atoms with E-state index >= 15 is 0 Å². The second-order valence-corrected chi connectivity index (χ2v) is 9.17. The number of ether oxygens (including phenoxy) is 2. The number of methoxy groups -OCH3 is 1. The molecule has 1 fully saturated rings. The number of carbonyl (C=O) groups excluding carboxylic acids is 1. The molecule has 0 bridgehead atoms. The van der Waals surface area contributed by atoms with Gasteiger partial charge in [-0.15, -0.1) is 0 Å². The molecule has 34 heavy (non-hydrogen) atoms.